The van der Waals surface area contributed by atoms with Gasteiger partial charge in [-0.15, -0.1) is 0 Å². The minimum absolute atomic E-state index is 0.0480. The van der Waals surface area contributed by atoms with Gasteiger partial charge in [-0.2, -0.15) is 0 Å². The SMILES string of the molecule is CCCCCCCCCCCCCCCCC(=O)N[C@@H](CCC(=O)NCCOCCOCC(=O)NCCOCCOCC(C)=O)CC(=O)O. The van der Waals surface area contributed by atoms with Crippen molar-refractivity contribution in [1.82, 2.24) is 16.0 Å². The van der Waals surface area contributed by atoms with Crippen LogP contribution in [0.4, 0.5) is 0 Å². The third-order valence-electron chi connectivity index (χ3n) is 7.68. The number of aliphatic carboxylic acids is 1. The Hall–Kier alpha value is -2.61. The van der Waals surface area contributed by atoms with Crippen LogP contribution in [0.2, 0.25) is 0 Å². The normalized spacial score (nSPS) is 11.6. The Bertz CT molecular complexity index is 859. The summed E-state index contributed by atoms with van der Waals surface area (Å²) in [5.74, 6) is -1.77. The van der Waals surface area contributed by atoms with Gasteiger partial charge in [0.05, 0.1) is 46.1 Å². The fourth-order valence-corrected chi connectivity index (χ4v) is 5.01. The summed E-state index contributed by atoms with van der Waals surface area (Å²) in [6, 6.07) is -0.598. The van der Waals surface area contributed by atoms with Gasteiger partial charge in [0.25, 0.3) is 0 Å². The van der Waals surface area contributed by atoms with Gasteiger partial charge in [0, 0.05) is 32.0 Å². The number of carbonyl (C=O) groups excluding carboxylic acids is 4. The summed E-state index contributed by atoms with van der Waals surface area (Å²) < 4.78 is 21.0. The molecule has 0 aliphatic heterocycles. The van der Waals surface area contributed by atoms with E-state index in [9.17, 15) is 29.1 Å². The van der Waals surface area contributed by atoms with Gasteiger partial charge in [0.2, 0.25) is 17.7 Å². The largest absolute Gasteiger partial charge is 0.481 e. The summed E-state index contributed by atoms with van der Waals surface area (Å²) in [5, 5.41) is 17.4. The fraction of sp³-hybridized carbons (Fsp3) is 0.861. The zero-order valence-corrected chi connectivity index (χ0v) is 30.5. The molecule has 0 aliphatic carbocycles. The highest BCUT2D eigenvalue weighted by atomic mass is 16.5. The van der Waals surface area contributed by atoms with Crippen molar-refractivity contribution in [3.05, 3.63) is 0 Å². The van der Waals surface area contributed by atoms with E-state index in [4.69, 9.17) is 18.9 Å². The summed E-state index contributed by atoms with van der Waals surface area (Å²) in [4.78, 5) is 58.4. The average Bonchev–Trinajstić information content (AvgIpc) is 3.05. The Kier molecular flexibility index (Phi) is 33.3. The first-order valence-corrected chi connectivity index (χ1v) is 18.6. The van der Waals surface area contributed by atoms with E-state index in [1.807, 2.05) is 0 Å². The molecule has 0 fully saturated rings. The first-order valence-electron chi connectivity index (χ1n) is 18.6. The van der Waals surface area contributed by atoms with Gasteiger partial charge in [0.15, 0.2) is 5.78 Å². The van der Waals surface area contributed by atoms with Crippen molar-refractivity contribution in [3.8, 4) is 0 Å². The number of carboxylic acids is 1. The number of Topliss-reactive ketones (excluding diaryl/α,β-unsaturated/α-hetero) is 1. The molecular weight excluding hydrogens is 634 g/mol. The van der Waals surface area contributed by atoms with Gasteiger partial charge in [-0.1, -0.05) is 90.4 Å². The maximum Gasteiger partial charge on any atom is 0.305 e. The first-order chi connectivity index (χ1) is 23.7. The Morgan fingerprint density at radius 1 is 0.551 bits per heavy atom. The fourth-order valence-electron chi connectivity index (χ4n) is 5.01. The second kappa shape index (κ2) is 35.2. The predicted octanol–water partition coefficient (Wildman–Crippen LogP) is 4.49. The molecule has 0 aromatic heterocycles. The zero-order chi connectivity index (χ0) is 36.2. The summed E-state index contributed by atoms with van der Waals surface area (Å²) in [5.41, 5.74) is 0. The lowest BCUT2D eigenvalue weighted by Gasteiger charge is -2.17. The van der Waals surface area contributed by atoms with Gasteiger partial charge in [-0.25, -0.2) is 0 Å². The number of hydrogen-bond donors (Lipinski definition) is 4. The van der Waals surface area contributed by atoms with Gasteiger partial charge >= 0.3 is 5.97 Å². The number of ether oxygens (including phenoxy) is 4. The van der Waals surface area contributed by atoms with E-state index < -0.39 is 12.0 Å². The number of amides is 3. The number of rotatable bonds is 37. The second-order valence-corrected chi connectivity index (χ2v) is 12.5. The molecule has 0 bridgehead atoms. The standard InChI is InChI=1S/C36H67N3O10/c1-3-4-5-6-7-8-9-10-11-12-13-14-15-16-17-34(42)39-32(28-36(44)45)18-19-33(41)37-20-22-46-25-27-49-30-35(43)38-21-23-47-24-26-48-29-31(2)40/h32H,3-30H2,1-2H3,(H,37,41)(H,38,43)(H,39,42)(H,44,45)/t32-/m0/s1. The molecule has 1 atom stereocenters. The number of unbranched alkanes of at least 4 members (excludes halogenated alkanes) is 13. The van der Waals surface area contributed by atoms with Crippen LogP contribution in [0.5, 0.6) is 0 Å². The van der Waals surface area contributed by atoms with Crippen molar-refractivity contribution < 1.29 is 48.0 Å². The van der Waals surface area contributed by atoms with E-state index >= 15 is 0 Å². The highest BCUT2D eigenvalue weighted by Gasteiger charge is 2.17. The molecule has 13 heteroatoms. The lowest BCUT2D eigenvalue weighted by atomic mass is 10.0. The van der Waals surface area contributed by atoms with Crippen LogP contribution in [-0.2, 0) is 42.9 Å². The van der Waals surface area contributed by atoms with Crippen LogP contribution in [0.15, 0.2) is 0 Å². The van der Waals surface area contributed by atoms with Crippen LogP contribution in [0.1, 0.15) is 129 Å². The molecule has 0 aromatic carbocycles. The van der Waals surface area contributed by atoms with E-state index in [0.29, 0.717) is 32.8 Å². The van der Waals surface area contributed by atoms with Crippen LogP contribution < -0.4 is 16.0 Å². The Morgan fingerprint density at radius 3 is 1.53 bits per heavy atom. The van der Waals surface area contributed by atoms with Gasteiger partial charge in [-0.3, -0.25) is 24.0 Å². The Balaban J connectivity index is 3.76. The number of ketones is 1. The molecule has 0 aliphatic rings. The molecule has 0 heterocycles. The van der Waals surface area contributed by atoms with E-state index in [0.717, 1.165) is 19.3 Å². The quantitative estimate of drug-likeness (QED) is 0.0675. The molecule has 13 nitrogen and oxygen atoms in total. The highest BCUT2D eigenvalue weighted by Crippen LogP contribution is 2.13. The van der Waals surface area contributed by atoms with Crippen LogP contribution in [0, 0.1) is 0 Å². The van der Waals surface area contributed by atoms with Crippen molar-refractivity contribution >= 4 is 29.5 Å². The van der Waals surface area contributed by atoms with Gasteiger partial charge < -0.3 is 40.0 Å². The third kappa shape index (κ3) is 36.5. The smallest absolute Gasteiger partial charge is 0.305 e. The molecule has 49 heavy (non-hydrogen) atoms. The van der Waals surface area contributed by atoms with E-state index in [1.165, 1.54) is 77.6 Å². The molecule has 0 spiro atoms. The number of carbonyl (C=O) groups is 5. The second-order valence-electron chi connectivity index (χ2n) is 12.5. The van der Waals surface area contributed by atoms with Crippen molar-refractivity contribution in [3.63, 3.8) is 0 Å². The number of carboxylic acid groups (broad SMARTS) is 1. The maximum atomic E-state index is 12.4. The summed E-state index contributed by atoms with van der Waals surface area (Å²) >= 11 is 0. The van der Waals surface area contributed by atoms with E-state index in [-0.39, 0.29) is 82.3 Å². The summed E-state index contributed by atoms with van der Waals surface area (Å²) in [6.07, 6.45) is 17.8. The van der Waals surface area contributed by atoms with Crippen molar-refractivity contribution in [2.75, 3.05) is 65.9 Å². The lowest BCUT2D eigenvalue weighted by Crippen LogP contribution is -2.38. The van der Waals surface area contributed by atoms with Crippen molar-refractivity contribution in [2.24, 2.45) is 0 Å². The van der Waals surface area contributed by atoms with Crippen molar-refractivity contribution in [1.29, 1.82) is 0 Å². The van der Waals surface area contributed by atoms with E-state index in [1.54, 1.807) is 0 Å². The average molecular weight is 702 g/mol. The maximum absolute atomic E-state index is 12.4. The molecular formula is C36H67N3O10. The Morgan fingerprint density at radius 2 is 1.02 bits per heavy atom. The topological polar surface area (TPSA) is 179 Å². The Labute approximate surface area is 294 Å². The van der Waals surface area contributed by atoms with Crippen LogP contribution in [0.25, 0.3) is 0 Å². The molecule has 0 aromatic rings. The molecule has 0 saturated heterocycles. The minimum Gasteiger partial charge on any atom is -0.481 e. The van der Waals surface area contributed by atoms with Gasteiger partial charge in [-0.05, 0) is 19.8 Å². The number of nitrogens with one attached hydrogen (secondary N) is 3. The molecule has 0 rings (SSSR count). The van der Waals surface area contributed by atoms with Crippen LogP contribution in [-0.4, -0.2) is 107 Å². The monoisotopic (exact) mass is 701 g/mol. The lowest BCUT2D eigenvalue weighted by molar-refractivity contribution is -0.138. The molecule has 0 radical (unpaired) electrons. The molecule has 3 amide bonds. The van der Waals surface area contributed by atoms with Gasteiger partial charge in [0.1, 0.15) is 13.2 Å². The molecule has 0 saturated carbocycles. The van der Waals surface area contributed by atoms with Crippen molar-refractivity contribution in [2.45, 2.75) is 135 Å². The third-order valence-corrected chi connectivity index (χ3v) is 7.68. The van der Waals surface area contributed by atoms with E-state index in [2.05, 4.69) is 22.9 Å². The number of hydrogen-bond acceptors (Lipinski definition) is 9. The van der Waals surface area contributed by atoms with Crippen LogP contribution in [0.3, 0.4) is 0 Å². The predicted molar refractivity (Wildman–Crippen MR) is 188 cm³/mol. The molecule has 0 unspecified atom stereocenters. The first kappa shape index (κ1) is 46.4. The minimum atomic E-state index is -1.02. The summed E-state index contributed by atoms with van der Waals surface area (Å²) in [7, 11) is 0. The zero-order valence-electron chi connectivity index (χ0n) is 30.5. The summed E-state index contributed by atoms with van der Waals surface area (Å²) in [6.45, 7) is 5.91. The van der Waals surface area contributed by atoms with Crippen LogP contribution >= 0.6 is 0 Å². The highest BCUT2D eigenvalue weighted by molar-refractivity contribution is 5.78. The molecule has 4 N–H and O–H groups in total. The molecule has 286 valence electrons.